The largest absolute Gasteiger partial charge is 0.352 e. The fraction of sp³-hybridized carbons (Fsp3) is 0.923. The van der Waals surface area contributed by atoms with Gasteiger partial charge in [0, 0.05) is 12.0 Å². The van der Waals surface area contributed by atoms with Crippen molar-refractivity contribution in [1.82, 2.24) is 5.32 Å². The maximum Gasteiger partial charge on any atom is 0.223 e. The third-order valence-corrected chi connectivity index (χ3v) is 5.86. The van der Waals surface area contributed by atoms with Gasteiger partial charge in [-0.1, -0.05) is 25.7 Å². The van der Waals surface area contributed by atoms with E-state index < -0.39 is 9.84 Å². The molecule has 1 atom stereocenters. The van der Waals surface area contributed by atoms with Crippen LogP contribution in [0.4, 0.5) is 0 Å². The summed E-state index contributed by atoms with van der Waals surface area (Å²) in [6.45, 7) is 0. The fourth-order valence-electron chi connectivity index (χ4n) is 3.00. The molecule has 0 aromatic heterocycles. The highest BCUT2D eigenvalue weighted by Gasteiger charge is 2.28. The van der Waals surface area contributed by atoms with Crippen LogP contribution in [0.3, 0.4) is 0 Å². The van der Waals surface area contributed by atoms with Gasteiger partial charge >= 0.3 is 0 Å². The van der Waals surface area contributed by atoms with E-state index in [0.29, 0.717) is 6.42 Å². The van der Waals surface area contributed by atoms with Crippen LogP contribution in [0.5, 0.6) is 0 Å². The standard InChI is InChI=1S/C13H23NO3S/c15-13(11-6-3-1-2-4-7-11)14-12-8-5-9-18(16,17)10-12/h11-12H,1-10H2,(H,14,15). The summed E-state index contributed by atoms with van der Waals surface area (Å²) in [5.74, 6) is 0.602. The third-order valence-electron chi connectivity index (χ3n) is 4.04. The Labute approximate surface area is 109 Å². The van der Waals surface area contributed by atoms with Crippen molar-refractivity contribution in [1.29, 1.82) is 0 Å². The van der Waals surface area contributed by atoms with E-state index in [9.17, 15) is 13.2 Å². The van der Waals surface area contributed by atoms with Crippen molar-refractivity contribution in [2.24, 2.45) is 5.92 Å². The molecule has 2 fully saturated rings. The first kappa shape index (κ1) is 13.8. The Bertz CT molecular complexity index is 383. The van der Waals surface area contributed by atoms with Crippen LogP contribution in [0.2, 0.25) is 0 Å². The zero-order valence-corrected chi connectivity index (χ0v) is 11.7. The fourth-order valence-corrected chi connectivity index (χ4v) is 4.63. The summed E-state index contributed by atoms with van der Waals surface area (Å²) < 4.78 is 23.0. The molecule has 4 nitrogen and oxygen atoms in total. The summed E-state index contributed by atoms with van der Waals surface area (Å²) in [6.07, 6.45) is 8.11. The highest BCUT2D eigenvalue weighted by atomic mass is 32.2. The Balaban J connectivity index is 1.86. The third kappa shape index (κ3) is 3.97. The zero-order chi connectivity index (χ0) is 13.0. The van der Waals surface area contributed by atoms with E-state index in [1.54, 1.807) is 0 Å². The highest BCUT2D eigenvalue weighted by molar-refractivity contribution is 7.91. The summed E-state index contributed by atoms with van der Waals surface area (Å²) in [4.78, 5) is 12.1. The molecule has 18 heavy (non-hydrogen) atoms. The van der Waals surface area contributed by atoms with E-state index >= 15 is 0 Å². The Kier molecular flexibility index (Phi) is 4.65. The van der Waals surface area contributed by atoms with E-state index in [0.717, 1.165) is 32.1 Å². The highest BCUT2D eigenvalue weighted by Crippen LogP contribution is 2.23. The number of sulfone groups is 1. The monoisotopic (exact) mass is 273 g/mol. The van der Waals surface area contributed by atoms with Crippen LogP contribution in [0.25, 0.3) is 0 Å². The van der Waals surface area contributed by atoms with Gasteiger partial charge in [-0.05, 0) is 25.7 Å². The van der Waals surface area contributed by atoms with E-state index in [1.165, 1.54) is 12.8 Å². The van der Waals surface area contributed by atoms with Gasteiger partial charge in [-0.2, -0.15) is 0 Å². The minimum atomic E-state index is -2.93. The number of rotatable bonds is 2. The molecule has 0 radical (unpaired) electrons. The minimum absolute atomic E-state index is 0.0824. The summed E-state index contributed by atoms with van der Waals surface area (Å²) >= 11 is 0. The van der Waals surface area contributed by atoms with Crippen molar-refractivity contribution in [2.45, 2.75) is 57.4 Å². The second-order valence-electron chi connectivity index (χ2n) is 5.65. The molecule has 0 bridgehead atoms. The molecule has 1 saturated heterocycles. The van der Waals surface area contributed by atoms with Crippen molar-refractivity contribution in [3.05, 3.63) is 0 Å². The number of hydrogen-bond acceptors (Lipinski definition) is 3. The molecule has 2 aliphatic rings. The molecule has 0 aromatic rings. The molecule has 1 amide bonds. The van der Waals surface area contributed by atoms with Crippen molar-refractivity contribution >= 4 is 15.7 Å². The molecule has 0 aromatic carbocycles. The molecule has 1 N–H and O–H groups in total. The maximum absolute atomic E-state index is 12.1. The second kappa shape index (κ2) is 6.04. The normalized spacial score (nSPS) is 29.4. The number of amides is 1. The quantitative estimate of drug-likeness (QED) is 0.778. The topological polar surface area (TPSA) is 63.2 Å². The van der Waals surface area contributed by atoms with Crippen LogP contribution < -0.4 is 5.32 Å². The van der Waals surface area contributed by atoms with Gasteiger partial charge in [0.15, 0.2) is 9.84 Å². The van der Waals surface area contributed by atoms with Crippen LogP contribution in [0.1, 0.15) is 51.4 Å². The van der Waals surface area contributed by atoms with Gasteiger partial charge in [0.1, 0.15) is 0 Å². The lowest BCUT2D eigenvalue weighted by Gasteiger charge is -2.25. The lowest BCUT2D eigenvalue weighted by atomic mass is 9.99. The Morgan fingerprint density at radius 1 is 0.944 bits per heavy atom. The number of carbonyl (C=O) groups excluding carboxylic acids is 1. The number of nitrogens with one attached hydrogen (secondary N) is 1. The van der Waals surface area contributed by atoms with Crippen LogP contribution in [-0.2, 0) is 14.6 Å². The predicted molar refractivity (Wildman–Crippen MR) is 71.0 cm³/mol. The van der Waals surface area contributed by atoms with E-state index in [2.05, 4.69) is 5.32 Å². The van der Waals surface area contributed by atoms with E-state index in [4.69, 9.17) is 0 Å². The Morgan fingerprint density at radius 3 is 2.22 bits per heavy atom. The molecule has 5 heteroatoms. The van der Waals surface area contributed by atoms with Gasteiger partial charge in [0.05, 0.1) is 11.5 Å². The molecule has 104 valence electrons. The summed E-state index contributed by atoms with van der Waals surface area (Å²) in [5, 5.41) is 2.95. The van der Waals surface area contributed by atoms with Crippen LogP contribution in [-0.4, -0.2) is 31.9 Å². The Hall–Kier alpha value is -0.580. The molecule has 0 spiro atoms. The van der Waals surface area contributed by atoms with Crippen molar-refractivity contribution in [3.8, 4) is 0 Å². The predicted octanol–water partition coefficient (Wildman–Crippen LogP) is 1.65. The maximum atomic E-state index is 12.1. The van der Waals surface area contributed by atoms with E-state index in [-0.39, 0.29) is 29.4 Å². The smallest absolute Gasteiger partial charge is 0.223 e. The molecule has 1 unspecified atom stereocenters. The lowest BCUT2D eigenvalue weighted by Crippen LogP contribution is -2.45. The summed E-state index contributed by atoms with van der Waals surface area (Å²) in [5.41, 5.74) is 0. The number of hydrogen-bond donors (Lipinski definition) is 1. The first-order valence-electron chi connectivity index (χ1n) is 7.08. The molecule has 1 aliphatic heterocycles. The molecule has 1 saturated carbocycles. The molecule has 1 heterocycles. The van der Waals surface area contributed by atoms with Gasteiger partial charge in [0.2, 0.25) is 5.91 Å². The average molecular weight is 273 g/mol. The van der Waals surface area contributed by atoms with Crippen LogP contribution >= 0.6 is 0 Å². The molecular formula is C13H23NO3S. The molecular weight excluding hydrogens is 250 g/mol. The zero-order valence-electron chi connectivity index (χ0n) is 10.9. The van der Waals surface area contributed by atoms with Crippen molar-refractivity contribution in [3.63, 3.8) is 0 Å². The SMILES string of the molecule is O=C(NC1CCCS(=O)(=O)C1)C1CCCCCC1. The van der Waals surface area contributed by atoms with Gasteiger partial charge in [0.25, 0.3) is 0 Å². The average Bonchev–Trinajstić information content (AvgIpc) is 2.55. The van der Waals surface area contributed by atoms with Crippen LogP contribution in [0, 0.1) is 5.92 Å². The second-order valence-corrected chi connectivity index (χ2v) is 7.88. The number of carbonyl (C=O) groups is 1. The van der Waals surface area contributed by atoms with Gasteiger partial charge in [-0.3, -0.25) is 4.79 Å². The van der Waals surface area contributed by atoms with Crippen LogP contribution in [0.15, 0.2) is 0 Å². The Morgan fingerprint density at radius 2 is 1.61 bits per heavy atom. The van der Waals surface area contributed by atoms with Gasteiger partial charge in [-0.15, -0.1) is 0 Å². The van der Waals surface area contributed by atoms with Crippen molar-refractivity contribution in [2.75, 3.05) is 11.5 Å². The first-order chi connectivity index (χ1) is 8.57. The summed E-state index contributed by atoms with van der Waals surface area (Å²) in [6, 6.07) is -0.153. The first-order valence-corrected chi connectivity index (χ1v) is 8.90. The minimum Gasteiger partial charge on any atom is -0.352 e. The molecule has 2 rings (SSSR count). The summed E-state index contributed by atoms with van der Waals surface area (Å²) in [7, 11) is -2.93. The van der Waals surface area contributed by atoms with Gasteiger partial charge < -0.3 is 5.32 Å². The van der Waals surface area contributed by atoms with Gasteiger partial charge in [-0.25, -0.2) is 8.42 Å². The lowest BCUT2D eigenvalue weighted by molar-refractivity contribution is -0.126. The van der Waals surface area contributed by atoms with E-state index in [1.807, 2.05) is 0 Å². The van der Waals surface area contributed by atoms with Crippen molar-refractivity contribution < 1.29 is 13.2 Å². The molecule has 1 aliphatic carbocycles.